The van der Waals surface area contributed by atoms with Crippen LogP contribution in [0.15, 0.2) is 23.8 Å². The molecule has 3 fully saturated rings. The van der Waals surface area contributed by atoms with Gasteiger partial charge in [-0.15, -0.1) is 0 Å². The summed E-state index contributed by atoms with van der Waals surface area (Å²) in [6.45, 7) is 16.0. The van der Waals surface area contributed by atoms with Gasteiger partial charge in [-0.1, -0.05) is 65.3 Å². The van der Waals surface area contributed by atoms with E-state index in [-0.39, 0.29) is 24.7 Å². The quantitative estimate of drug-likeness (QED) is 0.0909. The fourth-order valence-corrected chi connectivity index (χ4v) is 10.5. The molecule has 0 aliphatic heterocycles. The highest BCUT2D eigenvalue weighted by atomic mass is 31.2. The zero-order chi connectivity index (χ0) is 31.6. The summed E-state index contributed by atoms with van der Waals surface area (Å²) in [5.74, 6) is 5.33. The van der Waals surface area contributed by atoms with Crippen molar-refractivity contribution in [2.24, 2.45) is 52.3 Å². The molecule has 4 aliphatic rings. The van der Waals surface area contributed by atoms with Gasteiger partial charge < -0.3 is 14.1 Å². The van der Waals surface area contributed by atoms with E-state index in [9.17, 15) is 9.46 Å². The first-order valence-corrected chi connectivity index (χ1v) is 19.0. The Bertz CT molecular complexity index is 1040. The van der Waals surface area contributed by atoms with E-state index in [0.29, 0.717) is 34.9 Å². The van der Waals surface area contributed by atoms with E-state index in [1.807, 2.05) is 21.1 Å². The Kier molecular flexibility index (Phi) is 11.6. The van der Waals surface area contributed by atoms with Gasteiger partial charge in [0.2, 0.25) is 0 Å². The molecule has 4 rings (SSSR count). The molecule has 10 atom stereocenters. The third-order valence-corrected chi connectivity index (χ3v) is 13.5. The van der Waals surface area contributed by atoms with E-state index in [2.05, 4.69) is 59.8 Å². The van der Waals surface area contributed by atoms with Gasteiger partial charge in [0.05, 0.1) is 40.5 Å². The van der Waals surface area contributed by atoms with Crippen molar-refractivity contribution in [3.8, 4) is 0 Å². The maximum absolute atomic E-state index is 12.2. The van der Waals surface area contributed by atoms with Crippen LogP contribution in [0.1, 0.15) is 99.3 Å². The van der Waals surface area contributed by atoms with Crippen LogP contribution in [0, 0.1) is 52.3 Å². The average Bonchev–Trinajstić information content (AvgIpc) is 3.27. The number of nitrogens with zero attached hydrogens (tertiary/aromatic N) is 1. The van der Waals surface area contributed by atoms with Gasteiger partial charge in [0.1, 0.15) is 13.2 Å². The Morgan fingerprint density at radius 2 is 1.72 bits per heavy atom. The molecule has 0 saturated heterocycles. The highest BCUT2D eigenvalue weighted by molar-refractivity contribution is 7.47. The van der Waals surface area contributed by atoms with Crippen LogP contribution in [-0.4, -0.2) is 63.0 Å². The van der Waals surface area contributed by atoms with Gasteiger partial charge in [0, 0.05) is 0 Å². The van der Waals surface area contributed by atoms with E-state index >= 15 is 0 Å². The fraction of sp³-hybridized carbons (Fsp3) is 0.889. The van der Waals surface area contributed by atoms with Gasteiger partial charge >= 0.3 is 7.82 Å². The van der Waals surface area contributed by atoms with Gasteiger partial charge in [-0.05, 0) is 110 Å². The maximum Gasteiger partial charge on any atom is 0.472 e. The number of likely N-dealkylation sites (N-methyl/N-ethyl adjacent to an activating group) is 1. The predicted molar refractivity (Wildman–Crippen MR) is 176 cm³/mol. The normalized spacial score (nSPS) is 37.4. The highest BCUT2D eigenvalue weighted by Crippen LogP contribution is 2.67. The predicted octanol–water partition coefficient (Wildman–Crippen LogP) is 8.66. The Morgan fingerprint density at radius 3 is 2.40 bits per heavy atom. The lowest BCUT2D eigenvalue weighted by atomic mass is 9.47. The van der Waals surface area contributed by atoms with Gasteiger partial charge in [0.15, 0.2) is 0 Å². The van der Waals surface area contributed by atoms with Crippen LogP contribution in [-0.2, 0) is 18.3 Å². The minimum atomic E-state index is -4.04. The second kappa shape index (κ2) is 14.1. The molecule has 0 bridgehead atoms. The number of hydrogen-bond donors (Lipinski definition) is 1. The molecule has 0 aromatic carbocycles. The molecule has 3 saturated carbocycles. The lowest BCUT2D eigenvalue weighted by Gasteiger charge is -2.58. The summed E-state index contributed by atoms with van der Waals surface area (Å²) in [6.07, 6.45) is 19.1. The molecule has 7 heteroatoms. The van der Waals surface area contributed by atoms with Crippen LogP contribution in [0.4, 0.5) is 0 Å². The Morgan fingerprint density at radius 1 is 1.00 bits per heavy atom. The van der Waals surface area contributed by atoms with Crippen LogP contribution in [0.25, 0.3) is 0 Å². The zero-order valence-electron chi connectivity index (χ0n) is 29.0. The second-order valence-corrected chi connectivity index (χ2v) is 17.9. The lowest BCUT2D eigenvalue weighted by molar-refractivity contribution is -0.870. The number of hydrogen-bond acceptors (Lipinski definition) is 4. The van der Waals surface area contributed by atoms with Gasteiger partial charge in [-0.3, -0.25) is 9.05 Å². The molecule has 43 heavy (non-hydrogen) atoms. The Hall–Kier alpha value is -0.490. The lowest BCUT2D eigenvalue weighted by Crippen LogP contribution is -2.51. The molecule has 4 aliphatic carbocycles. The van der Waals surface area contributed by atoms with Crippen molar-refractivity contribution in [3.63, 3.8) is 0 Å². The minimum absolute atomic E-state index is 0.0707. The Balaban J connectivity index is 1.30. The number of rotatable bonds is 14. The van der Waals surface area contributed by atoms with Gasteiger partial charge in [-0.2, -0.15) is 0 Å². The number of allylic oxidation sites excluding steroid dienone is 3. The summed E-state index contributed by atoms with van der Waals surface area (Å²) in [4.78, 5) is 9.99. The van der Waals surface area contributed by atoms with Crippen LogP contribution >= 0.6 is 7.82 Å². The van der Waals surface area contributed by atoms with Crippen molar-refractivity contribution < 1.29 is 27.7 Å². The molecule has 248 valence electrons. The standard InChI is InChI=1S/C36H64NO5P/c1-10-28(26(2)3)12-11-27(4)32-15-16-33-31-14-13-29-25-30(17-19-35(29,5)34(31)18-20-36(32,33)6)40-23-24-42-43(38,39)41-22-21-37(7,8)9/h11-13,26-28,30-34H,10,14-25H2,1-9H3/p+1/b12-11+/t27-,28-,30?,31+,32-,33+,34+,35+,36-/m1/s1. The summed E-state index contributed by atoms with van der Waals surface area (Å²) in [5.41, 5.74) is 2.36. The number of phosphoric ester groups is 1. The summed E-state index contributed by atoms with van der Waals surface area (Å²) >= 11 is 0. The largest absolute Gasteiger partial charge is 0.472 e. The molecule has 0 heterocycles. The maximum atomic E-state index is 12.2. The first-order valence-electron chi connectivity index (χ1n) is 17.5. The van der Waals surface area contributed by atoms with E-state index in [0.717, 1.165) is 42.4 Å². The van der Waals surface area contributed by atoms with Crippen molar-refractivity contribution in [1.29, 1.82) is 0 Å². The number of ether oxygens (including phenoxy) is 1. The smallest absolute Gasteiger partial charge is 0.375 e. The third-order valence-electron chi connectivity index (χ3n) is 12.5. The van der Waals surface area contributed by atoms with Gasteiger partial charge in [0.25, 0.3) is 0 Å². The molecule has 0 radical (unpaired) electrons. The van der Waals surface area contributed by atoms with E-state index < -0.39 is 7.82 Å². The molecule has 0 aromatic heterocycles. The SMILES string of the molecule is CC[C@H](/C=C/[C@@H](C)[C@H]1CC[C@H]2[C@@H]3CC=C4CC(OCCOP(=O)(O)OCC[N+](C)(C)C)CC[C@]4(C)[C@H]3CC[C@]12C)C(C)C. The topological polar surface area (TPSA) is 65.0 Å². The van der Waals surface area contributed by atoms with Crippen molar-refractivity contribution in [2.45, 2.75) is 105 Å². The molecular weight excluding hydrogens is 557 g/mol. The van der Waals surface area contributed by atoms with Crippen LogP contribution in [0.5, 0.6) is 0 Å². The fourth-order valence-electron chi connectivity index (χ4n) is 9.79. The van der Waals surface area contributed by atoms with Crippen molar-refractivity contribution in [1.82, 2.24) is 0 Å². The van der Waals surface area contributed by atoms with E-state index in [1.54, 1.807) is 5.57 Å². The first kappa shape index (κ1) is 35.4. The molecule has 1 N–H and O–H groups in total. The zero-order valence-corrected chi connectivity index (χ0v) is 29.9. The molecular formula is C36H65NO5P+. The van der Waals surface area contributed by atoms with Crippen molar-refractivity contribution >= 4 is 7.82 Å². The summed E-state index contributed by atoms with van der Waals surface area (Å²) in [6, 6.07) is 0. The third kappa shape index (κ3) is 8.27. The Labute approximate surface area is 264 Å². The average molecular weight is 623 g/mol. The molecule has 6 nitrogen and oxygen atoms in total. The van der Waals surface area contributed by atoms with E-state index in [1.165, 1.54) is 44.9 Å². The molecule has 2 unspecified atom stereocenters. The second-order valence-electron chi connectivity index (χ2n) is 16.4. The highest BCUT2D eigenvalue weighted by Gasteiger charge is 2.59. The van der Waals surface area contributed by atoms with Crippen molar-refractivity contribution in [2.75, 3.05) is 47.5 Å². The van der Waals surface area contributed by atoms with Gasteiger partial charge in [-0.25, -0.2) is 4.57 Å². The molecule has 0 spiro atoms. The van der Waals surface area contributed by atoms with Crippen LogP contribution in [0.2, 0.25) is 0 Å². The monoisotopic (exact) mass is 622 g/mol. The number of fused-ring (bicyclic) bond motifs is 5. The first-order chi connectivity index (χ1) is 20.1. The van der Waals surface area contributed by atoms with E-state index in [4.69, 9.17) is 13.8 Å². The van der Waals surface area contributed by atoms with Crippen molar-refractivity contribution in [3.05, 3.63) is 23.8 Å². The summed E-state index contributed by atoms with van der Waals surface area (Å²) < 4.78 is 29.4. The summed E-state index contributed by atoms with van der Waals surface area (Å²) in [5, 5.41) is 0. The summed E-state index contributed by atoms with van der Waals surface area (Å²) in [7, 11) is 2.01. The van der Waals surface area contributed by atoms with Crippen LogP contribution in [0.3, 0.4) is 0 Å². The van der Waals surface area contributed by atoms with Crippen LogP contribution < -0.4 is 0 Å². The molecule has 0 amide bonds. The minimum Gasteiger partial charge on any atom is -0.375 e. The molecule has 0 aromatic rings. The number of quaternary nitrogens is 1. The number of phosphoric acid groups is 1.